The third-order valence-corrected chi connectivity index (χ3v) is 3.86. The predicted molar refractivity (Wildman–Crippen MR) is 73.2 cm³/mol. The number of benzene rings is 1. The van der Waals surface area contributed by atoms with Crippen LogP contribution in [0.25, 0.3) is 0 Å². The van der Waals surface area contributed by atoms with Crippen molar-refractivity contribution in [3.63, 3.8) is 0 Å². The summed E-state index contributed by atoms with van der Waals surface area (Å²) in [5, 5.41) is 0.000958. The van der Waals surface area contributed by atoms with Gasteiger partial charge < -0.3 is 10.3 Å². The summed E-state index contributed by atoms with van der Waals surface area (Å²) in [6, 6.07) is 7.13. The van der Waals surface area contributed by atoms with E-state index in [9.17, 15) is 8.42 Å². The zero-order valence-electron chi connectivity index (χ0n) is 10.6. The molecule has 1 aromatic carbocycles. The van der Waals surface area contributed by atoms with Gasteiger partial charge in [-0.2, -0.15) is 8.42 Å². The van der Waals surface area contributed by atoms with Crippen molar-refractivity contribution in [3.8, 4) is 0 Å². The van der Waals surface area contributed by atoms with Gasteiger partial charge in [0, 0.05) is 18.9 Å². The first kappa shape index (κ1) is 13.6. The molecule has 0 amide bonds. The van der Waals surface area contributed by atoms with E-state index in [2.05, 4.69) is 9.71 Å². The Morgan fingerprint density at radius 3 is 2.53 bits per heavy atom. The zero-order chi connectivity index (χ0) is 13.9. The van der Waals surface area contributed by atoms with Crippen molar-refractivity contribution in [1.29, 1.82) is 0 Å². The van der Waals surface area contributed by atoms with Crippen LogP contribution in [0.3, 0.4) is 0 Å². The number of imidazole rings is 1. The molecule has 2 rings (SSSR count). The number of aryl methyl sites for hydroxylation is 1. The van der Waals surface area contributed by atoms with Crippen LogP contribution >= 0.6 is 0 Å². The second-order valence-electron chi connectivity index (χ2n) is 4.22. The van der Waals surface area contributed by atoms with Gasteiger partial charge in [0.2, 0.25) is 0 Å². The summed E-state index contributed by atoms with van der Waals surface area (Å²) in [7, 11) is -1.91. The lowest BCUT2D eigenvalue weighted by molar-refractivity contribution is 0.598. The summed E-state index contributed by atoms with van der Waals surface area (Å²) >= 11 is 0. The molecule has 0 aliphatic carbocycles. The number of hydrogen-bond acceptors (Lipinski definition) is 4. The van der Waals surface area contributed by atoms with E-state index in [0.29, 0.717) is 12.2 Å². The Kier molecular flexibility index (Phi) is 3.87. The number of rotatable bonds is 5. The number of nitrogens with zero attached hydrogens (tertiary/aromatic N) is 2. The third kappa shape index (κ3) is 3.33. The van der Waals surface area contributed by atoms with Crippen LogP contribution in [0.5, 0.6) is 0 Å². The van der Waals surface area contributed by atoms with Crippen molar-refractivity contribution in [2.75, 3.05) is 11.3 Å². The SMILES string of the molecule is Cn1cnc(S(=O)(=O)Nc2ccc(CCN)cc2)c1. The first-order chi connectivity index (χ1) is 9.01. The third-order valence-electron chi connectivity index (χ3n) is 2.60. The van der Waals surface area contributed by atoms with E-state index in [0.717, 1.165) is 12.0 Å². The number of sulfonamides is 1. The molecule has 19 heavy (non-hydrogen) atoms. The zero-order valence-corrected chi connectivity index (χ0v) is 11.4. The van der Waals surface area contributed by atoms with Crippen molar-refractivity contribution < 1.29 is 8.42 Å². The Morgan fingerprint density at radius 1 is 1.32 bits per heavy atom. The van der Waals surface area contributed by atoms with Crippen LogP contribution in [0, 0.1) is 0 Å². The van der Waals surface area contributed by atoms with E-state index in [1.807, 2.05) is 12.1 Å². The van der Waals surface area contributed by atoms with Crippen molar-refractivity contribution in [1.82, 2.24) is 9.55 Å². The number of aromatic nitrogens is 2. The Balaban J connectivity index is 2.16. The second kappa shape index (κ2) is 5.41. The minimum absolute atomic E-state index is 0.000958. The molecule has 7 heteroatoms. The van der Waals surface area contributed by atoms with Crippen LogP contribution in [-0.2, 0) is 23.5 Å². The minimum atomic E-state index is -3.62. The Hall–Kier alpha value is -1.86. The van der Waals surface area contributed by atoms with E-state index in [-0.39, 0.29) is 5.03 Å². The smallest absolute Gasteiger partial charge is 0.280 e. The van der Waals surface area contributed by atoms with E-state index in [1.54, 1.807) is 23.7 Å². The summed E-state index contributed by atoms with van der Waals surface area (Å²) in [5.74, 6) is 0. The summed E-state index contributed by atoms with van der Waals surface area (Å²) in [5.41, 5.74) is 7.04. The number of hydrogen-bond donors (Lipinski definition) is 2. The van der Waals surface area contributed by atoms with Gasteiger partial charge >= 0.3 is 0 Å². The molecule has 0 aliphatic rings. The average Bonchev–Trinajstić information content (AvgIpc) is 2.79. The van der Waals surface area contributed by atoms with Crippen molar-refractivity contribution in [2.24, 2.45) is 12.8 Å². The second-order valence-corrected chi connectivity index (χ2v) is 5.85. The molecule has 0 fully saturated rings. The standard InChI is InChI=1S/C12H16N4O2S/c1-16-8-12(14-9-16)19(17,18)15-11-4-2-10(3-5-11)6-7-13/h2-5,8-9,15H,6-7,13H2,1H3. The molecule has 0 saturated heterocycles. The first-order valence-corrected chi connectivity index (χ1v) is 7.29. The molecule has 0 unspecified atom stereocenters. The van der Waals surface area contributed by atoms with Gasteiger partial charge in [0.1, 0.15) is 0 Å². The van der Waals surface area contributed by atoms with Crippen molar-refractivity contribution in [2.45, 2.75) is 11.4 Å². The quantitative estimate of drug-likeness (QED) is 0.844. The molecular weight excluding hydrogens is 264 g/mol. The van der Waals surface area contributed by atoms with Gasteiger partial charge in [-0.25, -0.2) is 4.98 Å². The number of nitrogens with one attached hydrogen (secondary N) is 1. The van der Waals surface area contributed by atoms with E-state index >= 15 is 0 Å². The van der Waals surface area contributed by atoms with Gasteiger partial charge in [-0.3, -0.25) is 4.72 Å². The summed E-state index contributed by atoms with van der Waals surface area (Å²) in [6.07, 6.45) is 3.66. The highest BCUT2D eigenvalue weighted by Crippen LogP contribution is 2.15. The molecule has 0 atom stereocenters. The van der Waals surface area contributed by atoms with Gasteiger partial charge in [0.05, 0.1) is 6.33 Å². The fourth-order valence-corrected chi connectivity index (χ4v) is 2.68. The summed E-state index contributed by atoms with van der Waals surface area (Å²) in [6.45, 7) is 0.568. The van der Waals surface area contributed by atoms with Gasteiger partial charge in [-0.1, -0.05) is 12.1 Å². The maximum Gasteiger partial charge on any atom is 0.280 e. The van der Waals surface area contributed by atoms with Gasteiger partial charge in [0.25, 0.3) is 10.0 Å². The summed E-state index contributed by atoms with van der Waals surface area (Å²) in [4.78, 5) is 3.83. The molecule has 0 radical (unpaired) electrons. The molecule has 0 saturated carbocycles. The van der Waals surface area contributed by atoms with E-state index < -0.39 is 10.0 Å². The van der Waals surface area contributed by atoms with Gasteiger partial charge in [-0.15, -0.1) is 0 Å². The van der Waals surface area contributed by atoms with Crippen LogP contribution in [-0.4, -0.2) is 24.5 Å². The van der Waals surface area contributed by atoms with Crippen LogP contribution in [0.2, 0.25) is 0 Å². The van der Waals surface area contributed by atoms with Crippen LogP contribution in [0.1, 0.15) is 5.56 Å². The molecule has 0 spiro atoms. The Bertz CT molecular complexity index is 647. The monoisotopic (exact) mass is 280 g/mol. The lowest BCUT2D eigenvalue weighted by atomic mass is 10.1. The van der Waals surface area contributed by atoms with Gasteiger partial charge in [0.15, 0.2) is 5.03 Å². The van der Waals surface area contributed by atoms with Crippen molar-refractivity contribution in [3.05, 3.63) is 42.4 Å². The average molecular weight is 280 g/mol. The maximum atomic E-state index is 12.0. The largest absolute Gasteiger partial charge is 0.339 e. The van der Waals surface area contributed by atoms with Crippen LogP contribution < -0.4 is 10.5 Å². The molecule has 0 aliphatic heterocycles. The maximum absolute atomic E-state index is 12.0. The molecule has 3 N–H and O–H groups in total. The lowest BCUT2D eigenvalue weighted by Gasteiger charge is -2.06. The number of nitrogens with two attached hydrogens (primary N) is 1. The highest BCUT2D eigenvalue weighted by atomic mass is 32.2. The Labute approximate surface area is 112 Å². The predicted octanol–water partition coefficient (Wildman–Crippen LogP) is 0.722. The molecule has 1 aromatic heterocycles. The van der Waals surface area contributed by atoms with Crippen LogP contribution in [0.15, 0.2) is 41.8 Å². The first-order valence-electron chi connectivity index (χ1n) is 5.81. The fraction of sp³-hybridized carbons (Fsp3) is 0.250. The highest BCUT2D eigenvalue weighted by molar-refractivity contribution is 7.92. The van der Waals surface area contributed by atoms with Gasteiger partial charge in [-0.05, 0) is 30.7 Å². The van der Waals surface area contributed by atoms with E-state index in [4.69, 9.17) is 5.73 Å². The molecule has 102 valence electrons. The molecular formula is C12H16N4O2S. The van der Waals surface area contributed by atoms with Crippen molar-refractivity contribution >= 4 is 15.7 Å². The fourth-order valence-electron chi connectivity index (χ4n) is 1.64. The Morgan fingerprint density at radius 2 is 2.00 bits per heavy atom. The topological polar surface area (TPSA) is 90.0 Å². The minimum Gasteiger partial charge on any atom is -0.339 e. The molecule has 0 bridgehead atoms. The molecule has 6 nitrogen and oxygen atoms in total. The van der Waals surface area contributed by atoms with Crippen LogP contribution in [0.4, 0.5) is 5.69 Å². The molecule has 1 heterocycles. The molecule has 2 aromatic rings. The normalized spacial score (nSPS) is 11.5. The van der Waals surface area contributed by atoms with E-state index in [1.165, 1.54) is 12.5 Å². The lowest BCUT2D eigenvalue weighted by Crippen LogP contribution is -2.13. The highest BCUT2D eigenvalue weighted by Gasteiger charge is 2.16. The summed E-state index contributed by atoms with van der Waals surface area (Å²) < 4.78 is 28.1. The number of anilines is 1.